The van der Waals surface area contributed by atoms with E-state index in [2.05, 4.69) is 4.36 Å². The molecule has 1 unspecified atom stereocenters. The Balaban J connectivity index is 2.27. The summed E-state index contributed by atoms with van der Waals surface area (Å²) in [7, 11) is -2.78. The molecule has 1 aliphatic heterocycles. The van der Waals surface area contributed by atoms with Crippen molar-refractivity contribution in [1.82, 2.24) is 0 Å². The molecule has 1 heterocycles. The van der Waals surface area contributed by atoms with Gasteiger partial charge in [-0.3, -0.25) is 4.79 Å². The molecule has 1 atom stereocenters. The Morgan fingerprint density at radius 3 is 2.40 bits per heavy atom. The molecule has 0 spiro atoms. The van der Waals surface area contributed by atoms with Crippen molar-refractivity contribution in [2.45, 2.75) is 6.92 Å². The van der Waals surface area contributed by atoms with Crippen LogP contribution >= 0.6 is 0 Å². The Bertz CT molecular complexity index is 777. The molecule has 0 radical (unpaired) electrons. The number of rotatable bonds is 2. The van der Waals surface area contributed by atoms with Crippen molar-refractivity contribution < 1.29 is 9.00 Å². The molecular weight excluding hydrogens is 272 g/mol. The van der Waals surface area contributed by atoms with Gasteiger partial charge in [-0.2, -0.15) is 4.36 Å². The molecule has 1 aliphatic rings. The summed E-state index contributed by atoms with van der Waals surface area (Å²) in [6, 6.07) is 16.1. The van der Waals surface area contributed by atoms with E-state index in [9.17, 15) is 9.00 Å². The fraction of sp³-hybridized carbons (Fsp3) is 0.133. The summed E-state index contributed by atoms with van der Waals surface area (Å²) in [5.41, 5.74) is 1.61. The van der Waals surface area contributed by atoms with E-state index < -0.39 is 9.92 Å². The quantitative estimate of drug-likeness (QED) is 0.849. The Kier molecular flexibility index (Phi) is 3.06. The van der Waals surface area contributed by atoms with Crippen molar-refractivity contribution in [3.05, 3.63) is 60.2 Å². The lowest BCUT2D eigenvalue weighted by Crippen LogP contribution is -2.40. The van der Waals surface area contributed by atoms with E-state index >= 15 is 0 Å². The normalized spacial score (nSPS) is 21.2. The summed E-state index contributed by atoms with van der Waals surface area (Å²) in [5.74, 6) is 0.0377. The lowest BCUT2D eigenvalue weighted by Gasteiger charge is -2.29. The maximum Gasteiger partial charge on any atom is 0.273 e. The number of benzene rings is 2. The smallest absolute Gasteiger partial charge is 0.268 e. The molecule has 2 aromatic rings. The standard InChI is InChI=1S/C15H14N2O2S/c1-2-20(19)16-14-11-7-6-10-13(14)15(18)17(20)12-8-4-3-5-9-12/h3-11H,2H2,1H3. The molecule has 0 bridgehead atoms. The van der Waals surface area contributed by atoms with E-state index in [0.29, 0.717) is 22.7 Å². The monoisotopic (exact) mass is 286 g/mol. The number of nitrogens with zero attached hydrogens (tertiary/aromatic N) is 2. The molecule has 2 aromatic carbocycles. The molecule has 0 N–H and O–H groups in total. The molecule has 102 valence electrons. The third-order valence-electron chi connectivity index (χ3n) is 3.21. The van der Waals surface area contributed by atoms with Crippen LogP contribution in [0.25, 0.3) is 0 Å². The molecule has 1 amide bonds. The van der Waals surface area contributed by atoms with Gasteiger partial charge < -0.3 is 0 Å². The number of fused-ring (bicyclic) bond motifs is 1. The molecule has 0 saturated heterocycles. The third kappa shape index (κ3) is 1.91. The van der Waals surface area contributed by atoms with Gasteiger partial charge in [0.1, 0.15) is 9.92 Å². The van der Waals surface area contributed by atoms with Crippen LogP contribution in [0.4, 0.5) is 11.4 Å². The molecule has 5 heteroatoms. The Morgan fingerprint density at radius 2 is 1.70 bits per heavy atom. The fourth-order valence-electron chi connectivity index (χ4n) is 2.21. The van der Waals surface area contributed by atoms with Gasteiger partial charge in [-0.15, -0.1) is 0 Å². The van der Waals surface area contributed by atoms with Crippen LogP contribution in [0, 0.1) is 0 Å². The zero-order chi connectivity index (χ0) is 14.2. The van der Waals surface area contributed by atoms with Gasteiger partial charge in [0, 0.05) is 5.75 Å². The average molecular weight is 286 g/mol. The summed E-state index contributed by atoms with van der Waals surface area (Å²) in [5, 5.41) is 0. The van der Waals surface area contributed by atoms with Gasteiger partial charge in [0.05, 0.1) is 16.9 Å². The average Bonchev–Trinajstić information content (AvgIpc) is 2.48. The van der Waals surface area contributed by atoms with Crippen molar-refractivity contribution in [2.24, 2.45) is 4.36 Å². The first-order valence-corrected chi connectivity index (χ1v) is 8.03. The molecule has 0 fully saturated rings. The fourth-order valence-corrected chi connectivity index (χ4v) is 3.95. The summed E-state index contributed by atoms with van der Waals surface area (Å²) in [4.78, 5) is 12.7. The van der Waals surface area contributed by atoms with Crippen LogP contribution in [0.3, 0.4) is 0 Å². The van der Waals surface area contributed by atoms with Gasteiger partial charge in [-0.1, -0.05) is 37.3 Å². The van der Waals surface area contributed by atoms with Gasteiger partial charge in [0.25, 0.3) is 5.91 Å². The number of para-hydroxylation sites is 1. The van der Waals surface area contributed by atoms with E-state index in [0.717, 1.165) is 0 Å². The predicted octanol–water partition coefficient (Wildman–Crippen LogP) is 3.38. The highest BCUT2D eigenvalue weighted by atomic mass is 32.2. The lowest BCUT2D eigenvalue weighted by molar-refractivity contribution is 0.101. The van der Waals surface area contributed by atoms with E-state index in [1.54, 1.807) is 43.3 Å². The highest BCUT2D eigenvalue weighted by Crippen LogP contribution is 2.33. The van der Waals surface area contributed by atoms with Crippen molar-refractivity contribution in [3.63, 3.8) is 0 Å². The zero-order valence-corrected chi connectivity index (χ0v) is 11.8. The van der Waals surface area contributed by atoms with Crippen LogP contribution < -0.4 is 4.31 Å². The van der Waals surface area contributed by atoms with Crippen LogP contribution in [0.5, 0.6) is 0 Å². The molecular formula is C15H14N2O2S. The van der Waals surface area contributed by atoms with E-state index in [1.165, 1.54) is 4.31 Å². The maximum atomic E-state index is 13.0. The second kappa shape index (κ2) is 4.76. The molecule has 3 rings (SSSR count). The first kappa shape index (κ1) is 12.9. The van der Waals surface area contributed by atoms with Crippen molar-refractivity contribution in [1.29, 1.82) is 0 Å². The highest BCUT2D eigenvalue weighted by Gasteiger charge is 2.32. The summed E-state index contributed by atoms with van der Waals surface area (Å²) < 4.78 is 18.7. The lowest BCUT2D eigenvalue weighted by atomic mass is 10.1. The van der Waals surface area contributed by atoms with E-state index in [1.807, 2.05) is 18.2 Å². The Morgan fingerprint density at radius 1 is 1.05 bits per heavy atom. The van der Waals surface area contributed by atoms with E-state index in [-0.39, 0.29) is 5.91 Å². The topological polar surface area (TPSA) is 49.7 Å². The Labute approximate surface area is 118 Å². The summed E-state index contributed by atoms with van der Waals surface area (Å²) in [6.07, 6.45) is 0. The number of hydrogen-bond acceptors (Lipinski definition) is 3. The largest absolute Gasteiger partial charge is 0.273 e. The zero-order valence-electron chi connectivity index (χ0n) is 11.0. The van der Waals surface area contributed by atoms with Crippen LogP contribution in [-0.4, -0.2) is 15.9 Å². The third-order valence-corrected chi connectivity index (χ3v) is 5.39. The molecule has 4 nitrogen and oxygen atoms in total. The molecule has 0 saturated carbocycles. The van der Waals surface area contributed by atoms with Crippen LogP contribution in [-0.2, 0) is 9.92 Å². The Hall–Kier alpha value is -2.14. The van der Waals surface area contributed by atoms with Gasteiger partial charge in [-0.05, 0) is 24.3 Å². The predicted molar refractivity (Wildman–Crippen MR) is 80.5 cm³/mol. The summed E-state index contributed by atoms with van der Waals surface area (Å²) in [6.45, 7) is 1.78. The highest BCUT2D eigenvalue weighted by molar-refractivity contribution is 7.96. The SMILES string of the molecule is CCS1(=O)=Nc2ccccc2C(=O)N1c1ccccc1. The van der Waals surface area contributed by atoms with Crippen LogP contribution in [0.1, 0.15) is 17.3 Å². The van der Waals surface area contributed by atoms with Gasteiger partial charge >= 0.3 is 0 Å². The van der Waals surface area contributed by atoms with E-state index in [4.69, 9.17) is 0 Å². The van der Waals surface area contributed by atoms with Gasteiger partial charge in [0.15, 0.2) is 0 Å². The number of anilines is 1. The van der Waals surface area contributed by atoms with Gasteiger partial charge in [0.2, 0.25) is 0 Å². The summed E-state index contributed by atoms with van der Waals surface area (Å²) >= 11 is 0. The van der Waals surface area contributed by atoms with Crippen LogP contribution in [0.15, 0.2) is 59.0 Å². The first-order chi connectivity index (χ1) is 9.65. The van der Waals surface area contributed by atoms with Crippen molar-refractivity contribution in [2.75, 3.05) is 10.1 Å². The minimum absolute atomic E-state index is 0.256. The number of amides is 1. The van der Waals surface area contributed by atoms with Crippen molar-refractivity contribution in [3.8, 4) is 0 Å². The first-order valence-electron chi connectivity index (χ1n) is 6.39. The minimum atomic E-state index is -2.78. The second-order valence-electron chi connectivity index (χ2n) is 4.44. The molecule has 0 aliphatic carbocycles. The van der Waals surface area contributed by atoms with Crippen LogP contribution in [0.2, 0.25) is 0 Å². The number of carbonyl (C=O) groups is 1. The molecule has 20 heavy (non-hydrogen) atoms. The van der Waals surface area contributed by atoms with Crippen molar-refractivity contribution >= 4 is 27.2 Å². The number of hydrogen-bond donors (Lipinski definition) is 0. The molecule has 0 aromatic heterocycles. The second-order valence-corrected chi connectivity index (χ2v) is 6.78. The minimum Gasteiger partial charge on any atom is -0.268 e. The maximum absolute atomic E-state index is 13.0. The number of carbonyl (C=O) groups excluding carboxylic acids is 1. The van der Waals surface area contributed by atoms with Gasteiger partial charge in [-0.25, -0.2) is 8.51 Å².